The fraction of sp³-hybridized carbons (Fsp3) is 0.500. The number of nitrogens with zero attached hydrogens (tertiary/aromatic N) is 3. The Kier molecular flexibility index (Phi) is 7.05. The van der Waals surface area contributed by atoms with E-state index >= 15 is 0 Å². The molecule has 0 spiro atoms. The van der Waals surface area contributed by atoms with Gasteiger partial charge < -0.3 is 4.90 Å². The number of nitro benzene ring substituents is 2. The van der Waals surface area contributed by atoms with Crippen LogP contribution in [0.4, 0.5) is 17.1 Å². The summed E-state index contributed by atoms with van der Waals surface area (Å²) < 4.78 is 26.7. The van der Waals surface area contributed by atoms with Gasteiger partial charge in [0, 0.05) is 24.5 Å². The topological polar surface area (TPSA) is 133 Å². The standard InChI is InChI=1S/C12H16BrN3O7S/c1-9-7-10(15(17)18)8-11(16(19)20)12(9)14(4-3-13)5-6-23-24(2,21)22/h7-8H,3-6H2,1-2H3. The van der Waals surface area contributed by atoms with Crippen molar-refractivity contribution in [1.82, 2.24) is 0 Å². The molecule has 0 aliphatic rings. The molecule has 10 nitrogen and oxygen atoms in total. The van der Waals surface area contributed by atoms with Crippen LogP contribution in [0.15, 0.2) is 12.1 Å². The van der Waals surface area contributed by atoms with Gasteiger partial charge in [-0.15, -0.1) is 0 Å². The maximum atomic E-state index is 11.3. The second-order valence-electron chi connectivity index (χ2n) is 4.85. The second kappa shape index (κ2) is 8.35. The minimum Gasteiger partial charge on any atom is -0.363 e. The third-order valence-electron chi connectivity index (χ3n) is 3.00. The van der Waals surface area contributed by atoms with Gasteiger partial charge in [-0.25, -0.2) is 0 Å². The summed E-state index contributed by atoms with van der Waals surface area (Å²) in [4.78, 5) is 22.3. The van der Waals surface area contributed by atoms with E-state index in [4.69, 9.17) is 0 Å². The average molecular weight is 426 g/mol. The average Bonchev–Trinajstić information content (AvgIpc) is 2.44. The molecule has 0 fully saturated rings. The lowest BCUT2D eigenvalue weighted by molar-refractivity contribution is -0.393. The van der Waals surface area contributed by atoms with Crippen LogP contribution in [-0.4, -0.2) is 49.5 Å². The van der Waals surface area contributed by atoms with Crippen LogP contribution >= 0.6 is 15.9 Å². The molecule has 0 N–H and O–H groups in total. The van der Waals surface area contributed by atoms with E-state index in [0.29, 0.717) is 17.4 Å². The van der Waals surface area contributed by atoms with Gasteiger partial charge in [0.15, 0.2) is 0 Å². The first-order valence-corrected chi connectivity index (χ1v) is 9.59. The maximum Gasteiger partial charge on any atom is 0.299 e. The van der Waals surface area contributed by atoms with Crippen LogP contribution < -0.4 is 4.90 Å². The van der Waals surface area contributed by atoms with Crippen molar-refractivity contribution in [2.75, 3.05) is 36.2 Å². The van der Waals surface area contributed by atoms with Gasteiger partial charge in [-0.05, 0) is 12.5 Å². The predicted molar refractivity (Wildman–Crippen MR) is 91.3 cm³/mol. The number of non-ortho nitro benzene ring substituents is 1. The molecule has 1 aromatic rings. The van der Waals surface area contributed by atoms with Crippen molar-refractivity contribution < 1.29 is 22.4 Å². The number of nitro groups is 2. The molecule has 0 saturated carbocycles. The molecule has 0 aliphatic heterocycles. The smallest absolute Gasteiger partial charge is 0.299 e. The number of benzene rings is 1. The van der Waals surface area contributed by atoms with Gasteiger partial charge in [0.1, 0.15) is 5.69 Å². The van der Waals surface area contributed by atoms with Crippen molar-refractivity contribution in [1.29, 1.82) is 0 Å². The van der Waals surface area contributed by atoms with Crippen LogP contribution in [-0.2, 0) is 14.3 Å². The largest absolute Gasteiger partial charge is 0.363 e. The van der Waals surface area contributed by atoms with Crippen LogP contribution in [0.3, 0.4) is 0 Å². The number of anilines is 1. The molecule has 0 saturated heterocycles. The highest BCUT2D eigenvalue weighted by Gasteiger charge is 2.26. The van der Waals surface area contributed by atoms with Gasteiger partial charge >= 0.3 is 0 Å². The van der Waals surface area contributed by atoms with Gasteiger partial charge in [-0.2, -0.15) is 8.42 Å². The second-order valence-corrected chi connectivity index (χ2v) is 7.28. The van der Waals surface area contributed by atoms with Crippen molar-refractivity contribution in [3.05, 3.63) is 37.9 Å². The van der Waals surface area contributed by atoms with Gasteiger partial charge in [0.2, 0.25) is 0 Å². The van der Waals surface area contributed by atoms with E-state index < -0.39 is 25.7 Å². The highest BCUT2D eigenvalue weighted by atomic mass is 79.9. The highest BCUT2D eigenvalue weighted by molar-refractivity contribution is 9.09. The number of rotatable bonds is 9. The first kappa shape index (κ1) is 20.3. The fourth-order valence-electron chi connectivity index (χ4n) is 2.13. The molecule has 24 heavy (non-hydrogen) atoms. The Morgan fingerprint density at radius 1 is 1.21 bits per heavy atom. The number of halogens is 1. The van der Waals surface area contributed by atoms with Crippen LogP contribution in [0.5, 0.6) is 0 Å². The highest BCUT2D eigenvalue weighted by Crippen LogP contribution is 2.35. The summed E-state index contributed by atoms with van der Waals surface area (Å²) in [5, 5.41) is 22.7. The summed E-state index contributed by atoms with van der Waals surface area (Å²) in [6.07, 6.45) is 0.904. The van der Waals surface area contributed by atoms with Crippen molar-refractivity contribution in [3.8, 4) is 0 Å². The van der Waals surface area contributed by atoms with Crippen molar-refractivity contribution in [2.24, 2.45) is 0 Å². The van der Waals surface area contributed by atoms with Gasteiger partial charge in [0.05, 0.1) is 28.8 Å². The fourth-order valence-corrected chi connectivity index (χ4v) is 2.94. The number of aryl methyl sites for hydroxylation is 1. The van der Waals surface area contributed by atoms with E-state index in [1.54, 1.807) is 4.90 Å². The minimum atomic E-state index is -3.63. The van der Waals surface area contributed by atoms with E-state index in [1.807, 2.05) is 0 Å². The van der Waals surface area contributed by atoms with Gasteiger partial charge in [-0.3, -0.25) is 24.4 Å². The molecule has 134 valence electrons. The third-order valence-corrected chi connectivity index (χ3v) is 3.95. The summed E-state index contributed by atoms with van der Waals surface area (Å²) in [5.41, 5.74) is -0.255. The van der Waals surface area contributed by atoms with Gasteiger partial charge in [-0.1, -0.05) is 15.9 Å². The third kappa shape index (κ3) is 5.69. The summed E-state index contributed by atoms with van der Waals surface area (Å²) in [6.45, 7) is 1.72. The molecule has 0 atom stereocenters. The maximum absolute atomic E-state index is 11.3. The Labute approximate surface area is 147 Å². The number of alkyl halides is 1. The van der Waals surface area contributed by atoms with E-state index in [9.17, 15) is 28.6 Å². The lowest BCUT2D eigenvalue weighted by Crippen LogP contribution is -2.31. The molecule has 0 heterocycles. The van der Waals surface area contributed by atoms with E-state index in [-0.39, 0.29) is 24.5 Å². The summed E-state index contributed by atoms with van der Waals surface area (Å²) >= 11 is 3.22. The van der Waals surface area contributed by atoms with E-state index in [0.717, 1.165) is 12.3 Å². The number of hydrogen-bond acceptors (Lipinski definition) is 8. The zero-order valence-electron chi connectivity index (χ0n) is 13.0. The lowest BCUT2D eigenvalue weighted by atomic mass is 10.1. The monoisotopic (exact) mass is 425 g/mol. The molecule has 0 radical (unpaired) electrons. The summed E-state index contributed by atoms with van der Waals surface area (Å²) in [6, 6.07) is 2.13. The Hall–Kier alpha value is -1.79. The predicted octanol–water partition coefficient (Wildman–Crippen LogP) is 1.99. The van der Waals surface area contributed by atoms with Gasteiger partial charge in [0.25, 0.3) is 21.5 Å². The normalized spacial score (nSPS) is 11.3. The first-order valence-electron chi connectivity index (χ1n) is 6.65. The van der Waals surface area contributed by atoms with Crippen molar-refractivity contribution in [3.63, 3.8) is 0 Å². The first-order chi connectivity index (χ1) is 11.1. The molecular weight excluding hydrogens is 410 g/mol. The van der Waals surface area contributed by atoms with Crippen LogP contribution in [0, 0.1) is 27.2 Å². The molecular formula is C12H16BrN3O7S. The Bertz CT molecular complexity index is 738. The molecule has 0 unspecified atom stereocenters. The Morgan fingerprint density at radius 2 is 1.83 bits per heavy atom. The quantitative estimate of drug-likeness (QED) is 0.253. The molecule has 0 bridgehead atoms. The molecule has 0 amide bonds. The van der Waals surface area contributed by atoms with E-state index in [2.05, 4.69) is 20.1 Å². The lowest BCUT2D eigenvalue weighted by Gasteiger charge is -2.25. The Morgan fingerprint density at radius 3 is 2.29 bits per heavy atom. The minimum absolute atomic E-state index is 0.0676. The zero-order valence-corrected chi connectivity index (χ0v) is 15.4. The zero-order chi connectivity index (χ0) is 18.5. The van der Waals surface area contributed by atoms with E-state index in [1.165, 1.54) is 13.0 Å². The summed E-state index contributed by atoms with van der Waals surface area (Å²) in [7, 11) is -3.63. The molecule has 1 aromatic carbocycles. The molecule has 0 aliphatic carbocycles. The van der Waals surface area contributed by atoms with Crippen molar-refractivity contribution in [2.45, 2.75) is 6.92 Å². The SMILES string of the molecule is Cc1cc([N+](=O)[O-])cc([N+](=O)[O-])c1N(CCBr)CCOS(C)(=O)=O. The number of hydrogen-bond donors (Lipinski definition) is 0. The molecule has 0 aromatic heterocycles. The van der Waals surface area contributed by atoms with Crippen LogP contribution in [0.25, 0.3) is 0 Å². The van der Waals surface area contributed by atoms with Crippen LogP contribution in [0.1, 0.15) is 5.56 Å². The van der Waals surface area contributed by atoms with Crippen LogP contribution in [0.2, 0.25) is 0 Å². The molecule has 12 heteroatoms. The van der Waals surface area contributed by atoms with Crippen molar-refractivity contribution >= 4 is 43.1 Å². The molecule has 1 rings (SSSR count). The Balaban J connectivity index is 3.26. The summed E-state index contributed by atoms with van der Waals surface area (Å²) in [5.74, 6) is 0.